The summed E-state index contributed by atoms with van der Waals surface area (Å²) in [7, 11) is 0. The van der Waals surface area contributed by atoms with Crippen LogP contribution < -0.4 is 5.73 Å². The van der Waals surface area contributed by atoms with Crippen molar-refractivity contribution in [2.75, 3.05) is 13.1 Å². The van der Waals surface area contributed by atoms with Gasteiger partial charge in [0, 0.05) is 18.6 Å². The van der Waals surface area contributed by atoms with E-state index in [-0.39, 0.29) is 0 Å². The summed E-state index contributed by atoms with van der Waals surface area (Å²) in [5.74, 6) is 1.70. The van der Waals surface area contributed by atoms with Crippen LogP contribution in [0.5, 0.6) is 0 Å². The van der Waals surface area contributed by atoms with Crippen molar-refractivity contribution in [3.8, 4) is 0 Å². The molecule has 0 aromatic carbocycles. The molecule has 0 radical (unpaired) electrons. The van der Waals surface area contributed by atoms with E-state index in [4.69, 9.17) is 5.73 Å². The smallest absolute Gasteiger partial charge is 0.0249 e. The fourth-order valence-corrected chi connectivity index (χ4v) is 3.55. The van der Waals surface area contributed by atoms with Crippen molar-refractivity contribution < 1.29 is 0 Å². The highest BCUT2D eigenvalue weighted by atomic mass is 15.2. The Morgan fingerprint density at radius 1 is 1.06 bits per heavy atom. The fraction of sp³-hybridized carbons (Fsp3) is 1.00. The molecule has 2 saturated carbocycles. The summed E-state index contributed by atoms with van der Waals surface area (Å²) < 4.78 is 0. The van der Waals surface area contributed by atoms with Crippen LogP contribution in [0.3, 0.4) is 0 Å². The number of nitrogens with zero attached hydrogens (tertiary/aromatic N) is 1. The number of hydrogen-bond donors (Lipinski definition) is 1. The molecule has 18 heavy (non-hydrogen) atoms. The zero-order chi connectivity index (χ0) is 13.0. The lowest BCUT2D eigenvalue weighted by Crippen LogP contribution is -2.48. The number of nitrogens with two attached hydrogens (primary N) is 1. The highest BCUT2D eigenvalue weighted by molar-refractivity contribution is 4.92. The quantitative estimate of drug-likeness (QED) is 0.752. The van der Waals surface area contributed by atoms with E-state index in [0.717, 1.165) is 24.4 Å². The molecule has 0 aromatic rings. The molecule has 0 spiro atoms. The van der Waals surface area contributed by atoms with Gasteiger partial charge >= 0.3 is 0 Å². The van der Waals surface area contributed by atoms with E-state index < -0.39 is 0 Å². The third-order valence-electron chi connectivity index (χ3n) is 4.84. The first-order chi connectivity index (χ1) is 8.72. The first kappa shape index (κ1) is 14.3. The lowest BCUT2D eigenvalue weighted by Gasteiger charge is -2.39. The zero-order valence-corrected chi connectivity index (χ0v) is 12.4. The minimum absolute atomic E-state index is 0.677. The van der Waals surface area contributed by atoms with Crippen molar-refractivity contribution in [2.45, 2.75) is 77.3 Å². The Morgan fingerprint density at radius 2 is 1.72 bits per heavy atom. The van der Waals surface area contributed by atoms with Gasteiger partial charge in [-0.25, -0.2) is 0 Å². The van der Waals surface area contributed by atoms with Crippen LogP contribution in [0.25, 0.3) is 0 Å². The molecule has 0 aliphatic heterocycles. The molecule has 2 fully saturated rings. The van der Waals surface area contributed by atoms with E-state index in [9.17, 15) is 0 Å². The molecule has 0 aromatic heterocycles. The lowest BCUT2D eigenvalue weighted by molar-refractivity contribution is 0.109. The molecule has 2 heteroatoms. The molecule has 0 heterocycles. The van der Waals surface area contributed by atoms with Gasteiger partial charge in [0.1, 0.15) is 0 Å². The summed E-state index contributed by atoms with van der Waals surface area (Å²) in [5.41, 5.74) is 6.13. The van der Waals surface area contributed by atoms with Gasteiger partial charge in [-0.05, 0) is 50.5 Å². The van der Waals surface area contributed by atoms with Gasteiger partial charge in [-0.3, -0.25) is 4.90 Å². The summed E-state index contributed by atoms with van der Waals surface area (Å²) in [5, 5.41) is 0. The van der Waals surface area contributed by atoms with Crippen LogP contribution in [0.1, 0.15) is 65.2 Å². The van der Waals surface area contributed by atoms with E-state index in [1.165, 1.54) is 57.9 Å². The zero-order valence-electron chi connectivity index (χ0n) is 12.4. The monoisotopic (exact) mass is 252 g/mol. The molecular weight excluding hydrogens is 220 g/mol. The Kier molecular flexibility index (Phi) is 5.50. The largest absolute Gasteiger partial charge is 0.329 e. The minimum atomic E-state index is 0.677. The topological polar surface area (TPSA) is 29.3 Å². The molecule has 2 aliphatic carbocycles. The molecule has 0 bridgehead atoms. The maximum atomic E-state index is 6.13. The molecular formula is C16H32N2. The van der Waals surface area contributed by atoms with Crippen LogP contribution in [0.2, 0.25) is 0 Å². The average Bonchev–Trinajstić information content (AvgIpc) is 3.19. The Hall–Kier alpha value is -0.0800. The van der Waals surface area contributed by atoms with Crippen molar-refractivity contribution in [1.82, 2.24) is 4.90 Å². The Bertz CT molecular complexity index is 229. The van der Waals surface area contributed by atoms with Gasteiger partial charge in [-0.15, -0.1) is 0 Å². The van der Waals surface area contributed by atoms with Crippen molar-refractivity contribution in [2.24, 2.45) is 17.6 Å². The maximum absolute atomic E-state index is 6.13. The van der Waals surface area contributed by atoms with Gasteiger partial charge in [-0.1, -0.05) is 33.1 Å². The third kappa shape index (κ3) is 3.96. The highest BCUT2D eigenvalue weighted by Crippen LogP contribution is 2.35. The number of rotatable bonds is 7. The minimum Gasteiger partial charge on any atom is -0.329 e. The van der Waals surface area contributed by atoms with Gasteiger partial charge in [0.05, 0.1) is 0 Å². The summed E-state index contributed by atoms with van der Waals surface area (Å²) in [6, 6.07) is 1.55. The number of hydrogen-bond acceptors (Lipinski definition) is 2. The molecule has 106 valence electrons. The lowest BCUT2D eigenvalue weighted by atomic mass is 9.83. The summed E-state index contributed by atoms with van der Waals surface area (Å²) in [6.45, 7) is 6.83. The van der Waals surface area contributed by atoms with E-state index in [1.807, 2.05) is 0 Å². The predicted molar refractivity (Wildman–Crippen MR) is 78.6 cm³/mol. The second-order valence-electron chi connectivity index (χ2n) is 6.85. The van der Waals surface area contributed by atoms with E-state index in [2.05, 4.69) is 18.7 Å². The van der Waals surface area contributed by atoms with Gasteiger partial charge in [0.15, 0.2) is 0 Å². The second-order valence-corrected chi connectivity index (χ2v) is 6.85. The molecule has 1 unspecified atom stereocenters. The second kappa shape index (κ2) is 6.91. The SMILES string of the molecule is CC(C)CCN(C1CC1)C(CN)C1CCCCC1. The van der Waals surface area contributed by atoms with Crippen molar-refractivity contribution in [3.63, 3.8) is 0 Å². The summed E-state index contributed by atoms with van der Waals surface area (Å²) in [6.07, 6.45) is 11.3. The Balaban J connectivity index is 1.92. The molecule has 2 nitrogen and oxygen atoms in total. The first-order valence-corrected chi connectivity index (χ1v) is 8.18. The predicted octanol–water partition coefficient (Wildman–Crippen LogP) is 3.40. The van der Waals surface area contributed by atoms with Crippen molar-refractivity contribution in [1.29, 1.82) is 0 Å². The highest BCUT2D eigenvalue weighted by Gasteiger charge is 2.36. The van der Waals surface area contributed by atoms with Crippen LogP contribution >= 0.6 is 0 Å². The molecule has 2 N–H and O–H groups in total. The van der Waals surface area contributed by atoms with Crippen molar-refractivity contribution in [3.05, 3.63) is 0 Å². The summed E-state index contributed by atoms with van der Waals surface area (Å²) >= 11 is 0. The molecule has 0 amide bonds. The molecule has 0 saturated heterocycles. The first-order valence-electron chi connectivity index (χ1n) is 8.18. The van der Waals surface area contributed by atoms with Crippen LogP contribution in [0.4, 0.5) is 0 Å². The van der Waals surface area contributed by atoms with Crippen LogP contribution in [0, 0.1) is 11.8 Å². The normalized spacial score (nSPS) is 23.8. The van der Waals surface area contributed by atoms with Gasteiger partial charge in [-0.2, -0.15) is 0 Å². The molecule has 2 rings (SSSR count). The van der Waals surface area contributed by atoms with E-state index in [0.29, 0.717) is 6.04 Å². The molecule has 2 aliphatic rings. The van der Waals surface area contributed by atoms with Gasteiger partial charge in [0.2, 0.25) is 0 Å². The van der Waals surface area contributed by atoms with Crippen LogP contribution in [0.15, 0.2) is 0 Å². The summed E-state index contributed by atoms with van der Waals surface area (Å²) in [4.78, 5) is 2.79. The van der Waals surface area contributed by atoms with E-state index >= 15 is 0 Å². The molecule has 1 atom stereocenters. The van der Waals surface area contributed by atoms with Crippen LogP contribution in [-0.4, -0.2) is 30.1 Å². The van der Waals surface area contributed by atoms with Crippen LogP contribution in [-0.2, 0) is 0 Å². The van der Waals surface area contributed by atoms with Gasteiger partial charge < -0.3 is 5.73 Å². The van der Waals surface area contributed by atoms with E-state index in [1.54, 1.807) is 0 Å². The van der Waals surface area contributed by atoms with Crippen molar-refractivity contribution >= 4 is 0 Å². The standard InChI is InChI=1S/C16H32N2/c1-13(2)10-11-18(15-8-9-15)16(12-17)14-6-4-3-5-7-14/h13-16H,3-12,17H2,1-2H3. The third-order valence-corrected chi connectivity index (χ3v) is 4.84. The fourth-order valence-electron chi connectivity index (χ4n) is 3.55. The Labute approximate surface area is 113 Å². The Morgan fingerprint density at radius 3 is 2.22 bits per heavy atom. The average molecular weight is 252 g/mol. The maximum Gasteiger partial charge on any atom is 0.0249 e. The van der Waals surface area contributed by atoms with Gasteiger partial charge in [0.25, 0.3) is 0 Å².